The summed E-state index contributed by atoms with van der Waals surface area (Å²) in [4.78, 5) is 2.26. The molecule has 0 aromatic heterocycles. The van der Waals surface area contributed by atoms with Crippen LogP contribution in [-0.2, 0) is 0 Å². The van der Waals surface area contributed by atoms with E-state index in [-0.39, 0.29) is 6.10 Å². The van der Waals surface area contributed by atoms with Crippen molar-refractivity contribution >= 4 is 0 Å². The summed E-state index contributed by atoms with van der Waals surface area (Å²) < 4.78 is 0. The fourth-order valence-electron chi connectivity index (χ4n) is 1.39. The van der Waals surface area contributed by atoms with Gasteiger partial charge in [-0.25, -0.2) is 0 Å². The minimum atomic E-state index is -0.175. The molecular weight excluding hydrogens is 126 g/mol. The molecule has 1 N–H and O–H groups in total. The first-order chi connectivity index (χ1) is 4.70. The second kappa shape index (κ2) is 3.35. The summed E-state index contributed by atoms with van der Waals surface area (Å²) in [6.45, 7) is 2.67. The molecule has 0 amide bonds. The summed E-state index contributed by atoms with van der Waals surface area (Å²) in [5.41, 5.74) is 0. The summed E-state index contributed by atoms with van der Waals surface area (Å²) >= 11 is 0. The summed E-state index contributed by atoms with van der Waals surface area (Å²) in [6, 6.07) is 0.759. The second-order valence-electron chi connectivity index (χ2n) is 3.37. The Morgan fingerprint density at radius 1 is 1.60 bits per heavy atom. The molecular formula is C8H17NO. The molecule has 1 rings (SSSR count). The Labute approximate surface area is 62.8 Å². The van der Waals surface area contributed by atoms with Crippen molar-refractivity contribution in [1.82, 2.24) is 4.90 Å². The Bertz CT molecular complexity index is 99.4. The third kappa shape index (κ3) is 1.96. The smallest absolute Gasteiger partial charge is 0.0639 e. The highest BCUT2D eigenvalue weighted by Crippen LogP contribution is 2.23. The lowest BCUT2D eigenvalue weighted by Crippen LogP contribution is -2.40. The Morgan fingerprint density at radius 3 is 2.50 bits per heavy atom. The van der Waals surface area contributed by atoms with Gasteiger partial charge in [0.1, 0.15) is 0 Å². The van der Waals surface area contributed by atoms with Gasteiger partial charge in [0.25, 0.3) is 0 Å². The molecule has 60 valence electrons. The average Bonchev–Trinajstić information content (AvgIpc) is 1.55. The van der Waals surface area contributed by atoms with Crippen LogP contribution in [-0.4, -0.2) is 35.7 Å². The van der Waals surface area contributed by atoms with Crippen molar-refractivity contribution in [1.29, 1.82) is 0 Å². The topological polar surface area (TPSA) is 23.5 Å². The normalized spacial score (nSPS) is 22.8. The van der Waals surface area contributed by atoms with Crippen molar-refractivity contribution in [3.05, 3.63) is 0 Å². The SMILES string of the molecule is C[C@H](O)CN(C)C1CCC1. The van der Waals surface area contributed by atoms with Gasteiger partial charge in [-0.05, 0) is 26.8 Å². The number of likely N-dealkylation sites (N-methyl/N-ethyl adjacent to an activating group) is 1. The monoisotopic (exact) mass is 143 g/mol. The average molecular weight is 143 g/mol. The molecule has 2 heteroatoms. The summed E-state index contributed by atoms with van der Waals surface area (Å²) in [5, 5.41) is 9.05. The van der Waals surface area contributed by atoms with Crippen molar-refractivity contribution in [2.45, 2.75) is 38.3 Å². The van der Waals surface area contributed by atoms with E-state index in [0.717, 1.165) is 12.6 Å². The molecule has 2 nitrogen and oxygen atoms in total. The van der Waals surface area contributed by atoms with Crippen molar-refractivity contribution in [2.24, 2.45) is 0 Å². The molecule has 1 aliphatic carbocycles. The summed E-state index contributed by atoms with van der Waals surface area (Å²) in [7, 11) is 2.09. The van der Waals surface area contributed by atoms with E-state index < -0.39 is 0 Å². The minimum Gasteiger partial charge on any atom is -0.392 e. The van der Waals surface area contributed by atoms with Crippen molar-refractivity contribution in [3.8, 4) is 0 Å². The van der Waals surface area contributed by atoms with Crippen LogP contribution < -0.4 is 0 Å². The standard InChI is InChI=1S/C8H17NO/c1-7(10)6-9(2)8-4-3-5-8/h7-8,10H,3-6H2,1-2H3/t7-/m0/s1. The maximum Gasteiger partial charge on any atom is 0.0639 e. The van der Waals surface area contributed by atoms with Gasteiger partial charge in [0.15, 0.2) is 0 Å². The zero-order chi connectivity index (χ0) is 7.56. The molecule has 0 saturated heterocycles. The van der Waals surface area contributed by atoms with Gasteiger partial charge in [-0.15, -0.1) is 0 Å². The highest BCUT2D eigenvalue weighted by molar-refractivity contribution is 4.78. The molecule has 0 spiro atoms. The van der Waals surface area contributed by atoms with Gasteiger partial charge in [-0.3, -0.25) is 0 Å². The third-order valence-corrected chi connectivity index (χ3v) is 2.25. The predicted molar refractivity (Wildman–Crippen MR) is 41.9 cm³/mol. The number of aliphatic hydroxyl groups is 1. The number of nitrogens with zero attached hydrogens (tertiary/aromatic N) is 1. The van der Waals surface area contributed by atoms with E-state index in [9.17, 15) is 0 Å². The molecule has 1 saturated carbocycles. The van der Waals surface area contributed by atoms with E-state index in [0.29, 0.717) is 0 Å². The van der Waals surface area contributed by atoms with E-state index >= 15 is 0 Å². The van der Waals surface area contributed by atoms with Crippen LogP contribution in [0.1, 0.15) is 26.2 Å². The van der Waals surface area contributed by atoms with Crippen LogP contribution in [0, 0.1) is 0 Å². The van der Waals surface area contributed by atoms with Crippen LogP contribution in [0.5, 0.6) is 0 Å². The van der Waals surface area contributed by atoms with Gasteiger partial charge in [0, 0.05) is 12.6 Å². The minimum absolute atomic E-state index is 0.175. The first kappa shape index (κ1) is 8.02. The largest absolute Gasteiger partial charge is 0.392 e. The number of rotatable bonds is 3. The third-order valence-electron chi connectivity index (χ3n) is 2.25. The highest BCUT2D eigenvalue weighted by atomic mass is 16.3. The first-order valence-electron chi connectivity index (χ1n) is 4.08. The van der Waals surface area contributed by atoms with E-state index in [1.165, 1.54) is 19.3 Å². The van der Waals surface area contributed by atoms with Crippen LogP contribution in [0.3, 0.4) is 0 Å². The molecule has 10 heavy (non-hydrogen) atoms. The molecule has 0 aromatic rings. The van der Waals surface area contributed by atoms with Crippen LogP contribution in [0.15, 0.2) is 0 Å². The lowest BCUT2D eigenvalue weighted by atomic mass is 9.92. The maximum atomic E-state index is 9.05. The Kier molecular flexibility index (Phi) is 2.69. The molecule has 0 bridgehead atoms. The van der Waals surface area contributed by atoms with Crippen LogP contribution in [0.4, 0.5) is 0 Å². The van der Waals surface area contributed by atoms with Crippen molar-refractivity contribution in [3.63, 3.8) is 0 Å². The lowest BCUT2D eigenvalue weighted by molar-refractivity contribution is 0.0874. The van der Waals surface area contributed by atoms with Crippen LogP contribution in [0.25, 0.3) is 0 Å². The molecule has 0 heterocycles. The van der Waals surface area contributed by atoms with Crippen molar-refractivity contribution < 1.29 is 5.11 Å². The molecule has 0 aromatic carbocycles. The molecule has 0 aliphatic heterocycles. The molecule has 0 unspecified atom stereocenters. The van der Waals surface area contributed by atoms with Crippen LogP contribution >= 0.6 is 0 Å². The predicted octanol–water partition coefficient (Wildman–Crippen LogP) is 0.851. The van der Waals surface area contributed by atoms with Gasteiger partial charge in [-0.2, -0.15) is 0 Å². The van der Waals surface area contributed by atoms with E-state index in [2.05, 4.69) is 11.9 Å². The Hall–Kier alpha value is -0.0800. The molecule has 1 atom stereocenters. The van der Waals surface area contributed by atoms with Crippen LogP contribution in [0.2, 0.25) is 0 Å². The van der Waals surface area contributed by atoms with E-state index in [4.69, 9.17) is 5.11 Å². The molecule has 1 aliphatic rings. The fraction of sp³-hybridized carbons (Fsp3) is 1.00. The summed E-state index contributed by atoms with van der Waals surface area (Å²) in [6.07, 6.45) is 3.84. The zero-order valence-corrected chi connectivity index (χ0v) is 6.88. The van der Waals surface area contributed by atoms with Gasteiger partial charge in [0.05, 0.1) is 6.10 Å². The number of aliphatic hydroxyl groups excluding tert-OH is 1. The highest BCUT2D eigenvalue weighted by Gasteiger charge is 2.22. The first-order valence-corrected chi connectivity index (χ1v) is 4.08. The maximum absolute atomic E-state index is 9.05. The Morgan fingerprint density at radius 2 is 2.20 bits per heavy atom. The van der Waals surface area contributed by atoms with Gasteiger partial charge in [-0.1, -0.05) is 6.42 Å². The van der Waals surface area contributed by atoms with Gasteiger partial charge < -0.3 is 10.0 Å². The quantitative estimate of drug-likeness (QED) is 0.633. The lowest BCUT2D eigenvalue weighted by Gasteiger charge is -2.35. The van der Waals surface area contributed by atoms with Gasteiger partial charge in [0.2, 0.25) is 0 Å². The number of hydrogen-bond acceptors (Lipinski definition) is 2. The Balaban J connectivity index is 2.13. The zero-order valence-electron chi connectivity index (χ0n) is 6.88. The van der Waals surface area contributed by atoms with E-state index in [1.54, 1.807) is 0 Å². The van der Waals surface area contributed by atoms with Gasteiger partial charge >= 0.3 is 0 Å². The van der Waals surface area contributed by atoms with Crippen molar-refractivity contribution in [2.75, 3.05) is 13.6 Å². The molecule has 0 radical (unpaired) electrons. The number of hydrogen-bond donors (Lipinski definition) is 1. The summed E-state index contributed by atoms with van der Waals surface area (Å²) in [5.74, 6) is 0. The van der Waals surface area contributed by atoms with E-state index in [1.807, 2.05) is 6.92 Å². The fourth-order valence-corrected chi connectivity index (χ4v) is 1.39. The second-order valence-corrected chi connectivity index (χ2v) is 3.37. The molecule has 1 fully saturated rings.